The molecule has 48 heteroatoms. The fourth-order valence-electron chi connectivity index (χ4n) is 15.3. The molecule has 10 rings (SSSR count). The standard InChI is InChI=1S/C81H131N15O33/c1-56(97)83-66-69(104)72(107)79(53-124-75(66)127-79)50-119-40-37-116-34-31-113-28-25-110-22-19-93-43-59(87-90-93)11-10-16-78(86-63(101)13-6-4-8-17-82-62(100)12-7-5-9-18-96-64(102)14-15-65(96)103,48-122-46-60-44-94(91-88-60)20-23-111-26-29-114-32-35-117-38-41-120-51-80-54-125-76(128-80)67(84-57(2)98)70(105)73(80)108)49-123-47-61-45-95(92-89-61)21-24-112-27-30-115-33-36-118-39-42-121-52-81-55-126-77(129-81)68(85-58(3)99)71(106)74(81)109/h14-15,43-45,66-77,104-109H,4-13,16-42,46-55H2,1-3H3,(H,82,100)(H,83,97)(H,84,98)(H,85,99)(H,86,101)/t66-,67-,68-,69-,70-,71-,72-,73-,74-,75+,76+,77+,79+,80+,81+/m1/s1. The second-order valence-electron chi connectivity index (χ2n) is 32.5. The van der Waals surface area contributed by atoms with E-state index in [4.69, 9.17) is 94.7 Å². The van der Waals surface area contributed by atoms with Crippen molar-refractivity contribution in [2.24, 2.45) is 0 Å². The maximum Gasteiger partial charge on any atom is 0.253 e. The van der Waals surface area contributed by atoms with E-state index in [2.05, 4.69) is 57.5 Å². The summed E-state index contributed by atoms with van der Waals surface area (Å²) in [4.78, 5) is 86.8. The van der Waals surface area contributed by atoms with E-state index in [-0.39, 0.29) is 156 Å². The number of rotatable bonds is 70. The van der Waals surface area contributed by atoms with Crippen molar-refractivity contribution in [3.05, 3.63) is 47.8 Å². The number of aliphatic hydroxyl groups excluding tert-OH is 6. The summed E-state index contributed by atoms with van der Waals surface area (Å²) in [7, 11) is 0. The van der Waals surface area contributed by atoms with E-state index in [9.17, 15) is 64.2 Å². The first-order chi connectivity index (χ1) is 62.5. The van der Waals surface area contributed by atoms with E-state index in [1.54, 1.807) is 26.4 Å². The van der Waals surface area contributed by atoms with E-state index in [0.29, 0.717) is 193 Å². The Kier molecular flexibility index (Phi) is 44.0. The van der Waals surface area contributed by atoms with Gasteiger partial charge in [0.15, 0.2) is 18.9 Å². The topological polar surface area (TPSA) is 581 Å². The predicted octanol–water partition coefficient (Wildman–Crippen LogP) is -5.51. The molecule has 10 heterocycles. The minimum atomic E-state index is -1.35. The zero-order valence-corrected chi connectivity index (χ0v) is 73.7. The van der Waals surface area contributed by atoms with Crippen LogP contribution < -0.4 is 26.6 Å². The van der Waals surface area contributed by atoms with Crippen molar-refractivity contribution < 1.29 is 159 Å². The summed E-state index contributed by atoms with van der Waals surface area (Å²) in [6.45, 7) is 11.3. The molecule has 0 radical (unpaired) electrons. The van der Waals surface area contributed by atoms with Gasteiger partial charge in [0.05, 0.1) is 248 Å². The Morgan fingerprint density at radius 1 is 0.411 bits per heavy atom. The minimum Gasteiger partial charge on any atom is -0.388 e. The van der Waals surface area contributed by atoms with Crippen LogP contribution in [0.1, 0.15) is 102 Å². The van der Waals surface area contributed by atoms with Gasteiger partial charge in [0.25, 0.3) is 11.8 Å². The summed E-state index contributed by atoms with van der Waals surface area (Å²) < 4.78 is 121. The van der Waals surface area contributed by atoms with Gasteiger partial charge in [0.1, 0.15) is 82.9 Å². The van der Waals surface area contributed by atoms with Gasteiger partial charge in [-0.25, -0.2) is 14.0 Å². The highest BCUT2D eigenvalue weighted by Crippen LogP contribution is 2.40. The fourth-order valence-corrected chi connectivity index (χ4v) is 15.3. The van der Waals surface area contributed by atoms with Crippen molar-refractivity contribution >= 4 is 41.4 Å². The maximum absolute atomic E-state index is 14.3. The summed E-state index contributed by atoms with van der Waals surface area (Å²) in [5, 5.41) is 104. The van der Waals surface area contributed by atoms with E-state index < -0.39 is 114 Å². The summed E-state index contributed by atoms with van der Waals surface area (Å²) in [6, 6.07) is -2.74. The normalized spacial score (nSPS) is 25.8. The molecular weight excluding hydrogens is 1710 g/mol. The van der Waals surface area contributed by atoms with Crippen molar-refractivity contribution in [1.82, 2.24) is 76.5 Å². The quantitative estimate of drug-likeness (QED) is 0.0185. The van der Waals surface area contributed by atoms with Crippen LogP contribution in [-0.2, 0) is 168 Å². The van der Waals surface area contributed by atoms with Crippen molar-refractivity contribution in [1.29, 1.82) is 0 Å². The first-order valence-electron chi connectivity index (χ1n) is 44.1. The molecular formula is C81H131N15O33. The molecule has 7 aliphatic rings. The Balaban J connectivity index is 0.652. The number of nitrogens with one attached hydrogen (secondary N) is 5. The Morgan fingerprint density at radius 2 is 0.744 bits per heavy atom. The summed E-state index contributed by atoms with van der Waals surface area (Å²) in [5.41, 5.74) is -3.21. The van der Waals surface area contributed by atoms with Crippen LogP contribution in [0.3, 0.4) is 0 Å². The molecule has 7 aliphatic heterocycles. The lowest BCUT2D eigenvalue weighted by Crippen LogP contribution is -2.66. The molecule has 6 fully saturated rings. The first-order valence-corrected chi connectivity index (χ1v) is 44.1. The Bertz CT molecular complexity index is 3550. The van der Waals surface area contributed by atoms with Crippen LogP contribution in [0, 0.1) is 0 Å². The number of carbonyl (C=O) groups excluding carboxylic acids is 7. The number of imide groups is 1. The van der Waals surface area contributed by atoms with Gasteiger partial charge in [0.2, 0.25) is 29.5 Å². The van der Waals surface area contributed by atoms with Crippen LogP contribution in [0.25, 0.3) is 0 Å². The van der Waals surface area contributed by atoms with E-state index in [1.165, 1.54) is 37.8 Å². The predicted molar refractivity (Wildman–Crippen MR) is 438 cm³/mol. The number of amides is 7. The number of ether oxygens (including phenoxy) is 20. The van der Waals surface area contributed by atoms with Crippen LogP contribution in [0.2, 0.25) is 0 Å². The average Bonchev–Trinajstić information content (AvgIpc) is 1.61. The number of aromatic nitrogens is 9. The van der Waals surface area contributed by atoms with Gasteiger partial charge in [-0.15, -0.1) is 15.3 Å². The number of hydrogen-bond donors (Lipinski definition) is 11. The van der Waals surface area contributed by atoms with E-state index in [0.717, 1.165) is 0 Å². The minimum absolute atomic E-state index is 0.0152. The van der Waals surface area contributed by atoms with Crippen LogP contribution in [0.4, 0.5) is 0 Å². The third kappa shape index (κ3) is 33.3. The Labute approximate surface area is 746 Å². The Morgan fingerprint density at radius 3 is 1.12 bits per heavy atom. The van der Waals surface area contributed by atoms with Gasteiger partial charge in [0, 0.05) is 65.1 Å². The first kappa shape index (κ1) is 104. The van der Waals surface area contributed by atoms with Crippen LogP contribution in [0.15, 0.2) is 30.7 Å². The van der Waals surface area contributed by atoms with Crippen LogP contribution >= 0.6 is 0 Å². The highest BCUT2D eigenvalue weighted by molar-refractivity contribution is 6.12. The smallest absolute Gasteiger partial charge is 0.253 e. The molecule has 0 spiro atoms. The SMILES string of the molecule is CC(=O)N[C@H]1[C@H]2OC[C@](COCCOCCOCCOCCn3cc(CCCC(COCc4cn(CCOCCOCCOCCOC[C@@]56CO[C@@H](O5)[C@H](NC(C)=O)[C@@H](O)[C@H]6O)nn4)(COCc4cn(CCOCCOCCOCCOC[C@@]56CO[C@@H](O5)[C@H](NC(C)=O)[C@@H](O)[C@H]6O)nn4)NC(=O)CCCCCNC(=O)CCCCCN4C(=O)C=CC4=O)nn3)(O2)[C@H](O)[C@@H]1O. The van der Waals surface area contributed by atoms with Gasteiger partial charge in [-0.05, 0) is 44.9 Å². The molecule has 6 saturated heterocycles. The lowest BCUT2D eigenvalue weighted by atomic mass is 9.88. The fraction of sp³-hybridized carbons (Fsp3) is 0.815. The molecule has 129 heavy (non-hydrogen) atoms. The molecule has 48 nitrogen and oxygen atoms in total. The zero-order valence-electron chi connectivity index (χ0n) is 73.7. The molecule has 3 aromatic heterocycles. The van der Waals surface area contributed by atoms with Gasteiger partial charge >= 0.3 is 0 Å². The summed E-state index contributed by atoms with van der Waals surface area (Å²) in [6.07, 6.45) is 2.56. The molecule has 7 amide bonds. The largest absolute Gasteiger partial charge is 0.388 e. The molecule has 3 aromatic rings. The van der Waals surface area contributed by atoms with E-state index >= 15 is 0 Å². The number of hydrogen-bond acceptors (Lipinski definition) is 39. The third-order valence-electron chi connectivity index (χ3n) is 22.1. The molecule has 11 N–H and O–H groups in total. The monoisotopic (exact) mass is 1840 g/mol. The summed E-state index contributed by atoms with van der Waals surface area (Å²) in [5.74, 6) is -2.19. The highest BCUT2D eigenvalue weighted by atomic mass is 16.8. The molecule has 15 atom stereocenters. The van der Waals surface area contributed by atoms with Gasteiger partial charge < -0.3 is 152 Å². The van der Waals surface area contributed by atoms with Crippen LogP contribution in [0.5, 0.6) is 0 Å². The number of nitrogens with zero attached hydrogens (tertiary/aromatic N) is 10. The number of aliphatic hydroxyl groups is 6. The molecule has 0 aromatic carbocycles. The van der Waals surface area contributed by atoms with Crippen molar-refractivity contribution in [2.45, 2.75) is 220 Å². The number of fused-ring (bicyclic) bond motifs is 6. The Hall–Kier alpha value is -7.39. The number of carbonyl (C=O) groups is 7. The number of unbranched alkanes of at least 4 members (excludes halogenated alkanes) is 4. The number of aryl methyl sites for hydroxylation is 1. The van der Waals surface area contributed by atoms with E-state index in [1.807, 2.05) is 6.20 Å². The van der Waals surface area contributed by atoms with Crippen LogP contribution in [-0.4, -0.2) is 423 Å². The maximum atomic E-state index is 14.3. The van der Waals surface area contributed by atoms with Crippen molar-refractivity contribution in [3.8, 4) is 0 Å². The summed E-state index contributed by atoms with van der Waals surface area (Å²) >= 11 is 0. The lowest BCUT2D eigenvalue weighted by Gasteiger charge is -2.42. The third-order valence-corrected chi connectivity index (χ3v) is 22.1. The molecule has 0 aliphatic carbocycles. The highest BCUT2D eigenvalue weighted by Gasteiger charge is 2.62. The molecule has 0 unspecified atom stereocenters. The van der Waals surface area contributed by atoms with Gasteiger partial charge in [-0.1, -0.05) is 28.5 Å². The molecule has 728 valence electrons. The molecule has 0 saturated carbocycles. The van der Waals surface area contributed by atoms with Crippen molar-refractivity contribution in [2.75, 3.05) is 205 Å². The zero-order chi connectivity index (χ0) is 91.7. The average molecular weight is 1840 g/mol. The second kappa shape index (κ2) is 54.7. The lowest BCUT2D eigenvalue weighted by molar-refractivity contribution is -0.238. The van der Waals surface area contributed by atoms with Gasteiger partial charge in [-0.2, -0.15) is 0 Å². The van der Waals surface area contributed by atoms with Gasteiger partial charge in [-0.3, -0.25) is 38.5 Å². The van der Waals surface area contributed by atoms with Crippen molar-refractivity contribution in [3.63, 3.8) is 0 Å². The second-order valence-corrected chi connectivity index (χ2v) is 32.5. The molecule has 6 bridgehead atoms.